The molecule has 0 aliphatic carbocycles. The molecule has 10 nitrogen and oxygen atoms in total. The van der Waals surface area contributed by atoms with E-state index in [9.17, 15) is 19.7 Å². The predicted octanol–water partition coefficient (Wildman–Crippen LogP) is 3.27. The summed E-state index contributed by atoms with van der Waals surface area (Å²) in [6.45, 7) is 5.68. The zero-order chi connectivity index (χ0) is 25.8. The first-order valence-electron chi connectivity index (χ1n) is 11.9. The SMILES string of the molecule is CCSC(SCC)[C@@H]1CCCN1C(=O)c1cc(OC)c(OCCCC(=O)NCCN)cc1[N+](=O)[O-]. The number of hydrogen-bond donors (Lipinski definition) is 2. The van der Waals surface area contributed by atoms with Crippen LogP contribution in [0.4, 0.5) is 5.69 Å². The average Bonchev–Trinajstić information content (AvgIpc) is 3.34. The van der Waals surface area contributed by atoms with E-state index in [0.29, 0.717) is 26.1 Å². The van der Waals surface area contributed by atoms with Gasteiger partial charge in [-0.25, -0.2) is 0 Å². The highest BCUT2D eigenvalue weighted by molar-refractivity contribution is 8.17. The van der Waals surface area contributed by atoms with E-state index in [1.807, 2.05) is 23.5 Å². The molecule has 1 atom stereocenters. The molecule has 1 aliphatic heterocycles. The van der Waals surface area contributed by atoms with E-state index in [4.69, 9.17) is 15.2 Å². The quantitative estimate of drug-likeness (QED) is 0.152. The molecule has 3 N–H and O–H groups in total. The van der Waals surface area contributed by atoms with Crippen molar-refractivity contribution in [2.75, 3.05) is 44.9 Å². The molecule has 0 aromatic heterocycles. The number of nitro groups is 1. The molecule has 0 spiro atoms. The van der Waals surface area contributed by atoms with Gasteiger partial charge in [0, 0.05) is 32.1 Å². The Bertz CT molecular complexity index is 867. The number of rotatable bonds is 15. The van der Waals surface area contributed by atoms with Gasteiger partial charge in [0.25, 0.3) is 11.6 Å². The molecule has 1 heterocycles. The second-order valence-corrected chi connectivity index (χ2v) is 11.0. The van der Waals surface area contributed by atoms with E-state index in [1.165, 1.54) is 19.2 Å². The van der Waals surface area contributed by atoms with E-state index >= 15 is 0 Å². The molecule has 0 bridgehead atoms. The molecule has 0 radical (unpaired) electrons. The number of benzene rings is 1. The number of nitrogens with two attached hydrogens (primary N) is 1. The average molecular weight is 529 g/mol. The Morgan fingerprint density at radius 1 is 1.29 bits per heavy atom. The first kappa shape index (κ1) is 29.1. The fourth-order valence-corrected chi connectivity index (χ4v) is 6.81. The smallest absolute Gasteiger partial charge is 0.286 e. The van der Waals surface area contributed by atoms with Crippen LogP contribution in [-0.2, 0) is 4.79 Å². The van der Waals surface area contributed by atoms with E-state index < -0.39 is 4.92 Å². The van der Waals surface area contributed by atoms with Crippen LogP contribution in [0.1, 0.15) is 49.9 Å². The summed E-state index contributed by atoms with van der Waals surface area (Å²) in [6.07, 6.45) is 2.40. The summed E-state index contributed by atoms with van der Waals surface area (Å²) in [6, 6.07) is 2.66. The van der Waals surface area contributed by atoms with E-state index in [2.05, 4.69) is 19.2 Å². The second kappa shape index (κ2) is 15.0. The predicted molar refractivity (Wildman–Crippen MR) is 141 cm³/mol. The maximum atomic E-state index is 13.5. The van der Waals surface area contributed by atoms with Crippen LogP contribution in [0.25, 0.3) is 0 Å². The summed E-state index contributed by atoms with van der Waals surface area (Å²) in [5, 5.41) is 14.6. The molecule has 1 fully saturated rings. The lowest BCUT2D eigenvalue weighted by atomic mass is 10.1. The Labute approximate surface area is 215 Å². The number of nitrogens with zero attached hydrogens (tertiary/aromatic N) is 2. The minimum Gasteiger partial charge on any atom is -0.493 e. The molecule has 12 heteroatoms. The monoisotopic (exact) mass is 528 g/mol. The Morgan fingerprint density at radius 2 is 2.00 bits per heavy atom. The topological polar surface area (TPSA) is 137 Å². The summed E-state index contributed by atoms with van der Waals surface area (Å²) >= 11 is 3.62. The Kier molecular flexibility index (Phi) is 12.5. The number of likely N-dealkylation sites (tertiary alicyclic amines) is 1. The molecular weight excluding hydrogens is 492 g/mol. The third-order valence-corrected chi connectivity index (χ3v) is 8.29. The molecule has 0 saturated carbocycles. The highest BCUT2D eigenvalue weighted by Crippen LogP contribution is 2.39. The summed E-state index contributed by atoms with van der Waals surface area (Å²) < 4.78 is 11.3. The lowest BCUT2D eigenvalue weighted by molar-refractivity contribution is -0.385. The van der Waals surface area contributed by atoms with E-state index in [0.717, 1.165) is 24.3 Å². The number of nitrogens with one attached hydrogen (secondary N) is 1. The maximum Gasteiger partial charge on any atom is 0.286 e. The summed E-state index contributed by atoms with van der Waals surface area (Å²) in [5.41, 5.74) is 5.04. The van der Waals surface area contributed by atoms with Gasteiger partial charge >= 0.3 is 0 Å². The van der Waals surface area contributed by atoms with Crippen LogP contribution in [-0.4, -0.2) is 77.1 Å². The molecule has 1 saturated heterocycles. The van der Waals surface area contributed by atoms with Crippen LogP contribution < -0.4 is 20.5 Å². The number of nitro benzene ring substituents is 1. The van der Waals surface area contributed by atoms with Gasteiger partial charge in [0.2, 0.25) is 5.91 Å². The zero-order valence-corrected chi connectivity index (χ0v) is 22.3. The van der Waals surface area contributed by atoms with Gasteiger partial charge in [0.1, 0.15) is 5.56 Å². The summed E-state index contributed by atoms with van der Waals surface area (Å²) in [4.78, 5) is 38.4. The van der Waals surface area contributed by atoms with Crippen molar-refractivity contribution in [3.8, 4) is 11.5 Å². The number of methoxy groups -OCH3 is 1. The van der Waals surface area contributed by atoms with Gasteiger partial charge in [0.05, 0.1) is 35.3 Å². The van der Waals surface area contributed by atoms with Crippen LogP contribution in [0.3, 0.4) is 0 Å². The third kappa shape index (κ3) is 8.18. The number of amides is 2. The summed E-state index contributed by atoms with van der Waals surface area (Å²) in [7, 11) is 1.42. The van der Waals surface area contributed by atoms with E-state index in [1.54, 1.807) is 4.90 Å². The van der Waals surface area contributed by atoms with Crippen molar-refractivity contribution in [2.45, 2.75) is 50.2 Å². The molecule has 2 rings (SSSR count). The highest BCUT2D eigenvalue weighted by Gasteiger charge is 2.38. The lowest BCUT2D eigenvalue weighted by Crippen LogP contribution is -2.41. The molecule has 196 valence electrons. The van der Waals surface area contributed by atoms with Gasteiger partial charge < -0.3 is 25.4 Å². The van der Waals surface area contributed by atoms with Crippen molar-refractivity contribution in [1.29, 1.82) is 0 Å². The van der Waals surface area contributed by atoms with Gasteiger partial charge in [-0.1, -0.05) is 13.8 Å². The van der Waals surface area contributed by atoms with Crippen LogP contribution in [0.5, 0.6) is 11.5 Å². The normalized spacial score (nSPS) is 15.3. The minimum atomic E-state index is -0.566. The van der Waals surface area contributed by atoms with Crippen LogP contribution in [0, 0.1) is 10.1 Å². The maximum absolute atomic E-state index is 13.5. The molecule has 2 amide bonds. The van der Waals surface area contributed by atoms with Crippen LogP contribution >= 0.6 is 23.5 Å². The number of carbonyl (C=O) groups is 2. The Balaban J connectivity index is 2.22. The minimum absolute atomic E-state index is 0.00555. The fraction of sp³-hybridized carbons (Fsp3) is 0.652. The van der Waals surface area contributed by atoms with Gasteiger partial charge in [-0.2, -0.15) is 0 Å². The Morgan fingerprint density at radius 3 is 2.60 bits per heavy atom. The van der Waals surface area contributed by atoms with Crippen LogP contribution in [0.15, 0.2) is 12.1 Å². The van der Waals surface area contributed by atoms with Gasteiger partial charge in [0.15, 0.2) is 11.5 Å². The van der Waals surface area contributed by atoms with Crippen molar-refractivity contribution in [1.82, 2.24) is 10.2 Å². The molecule has 0 unspecified atom stereocenters. The third-order valence-electron chi connectivity index (χ3n) is 5.52. The van der Waals surface area contributed by atoms with Crippen LogP contribution in [0.2, 0.25) is 0 Å². The molecule has 1 aromatic rings. The number of thioether (sulfide) groups is 2. The van der Waals surface area contributed by atoms with Gasteiger partial charge in [-0.05, 0) is 30.8 Å². The number of ether oxygens (including phenoxy) is 2. The number of carbonyl (C=O) groups excluding carboxylic acids is 2. The van der Waals surface area contributed by atoms with Crippen molar-refractivity contribution < 1.29 is 24.0 Å². The molecule has 35 heavy (non-hydrogen) atoms. The largest absolute Gasteiger partial charge is 0.493 e. The highest BCUT2D eigenvalue weighted by atomic mass is 32.2. The second-order valence-electron chi connectivity index (χ2n) is 7.86. The van der Waals surface area contributed by atoms with Crippen molar-refractivity contribution in [3.63, 3.8) is 0 Å². The van der Waals surface area contributed by atoms with Crippen molar-refractivity contribution >= 4 is 41.0 Å². The van der Waals surface area contributed by atoms with Crippen molar-refractivity contribution in [3.05, 3.63) is 27.8 Å². The van der Waals surface area contributed by atoms with Gasteiger partial charge in [-0.3, -0.25) is 19.7 Å². The first-order chi connectivity index (χ1) is 16.9. The van der Waals surface area contributed by atoms with Crippen molar-refractivity contribution in [2.24, 2.45) is 5.73 Å². The molecular formula is C23H36N4O6S2. The van der Waals surface area contributed by atoms with E-state index in [-0.39, 0.29) is 58.2 Å². The zero-order valence-electron chi connectivity index (χ0n) is 20.6. The lowest BCUT2D eigenvalue weighted by Gasteiger charge is -2.31. The standard InChI is InChI=1S/C23H36N4O6S2/c1-4-34-23(35-5-2)17-8-6-12-26(17)22(29)16-14-19(32-3)20(15-18(16)27(30)31)33-13-7-9-21(28)25-11-10-24/h14-15,17,23H,4-13,24H2,1-3H3,(H,25,28)/t17-/m0/s1. The molecule has 1 aliphatic rings. The summed E-state index contributed by atoms with van der Waals surface area (Å²) in [5.74, 6) is 1.77. The Hall–Kier alpha value is -2.18. The van der Waals surface area contributed by atoms with Gasteiger partial charge in [-0.15, -0.1) is 23.5 Å². The fourth-order valence-electron chi connectivity index (χ4n) is 3.94. The molecule has 1 aromatic carbocycles. The first-order valence-corrected chi connectivity index (χ1v) is 14.0. The number of hydrogen-bond acceptors (Lipinski definition) is 9.